The fraction of sp³-hybridized carbons (Fsp3) is 0.867. The van der Waals surface area contributed by atoms with Gasteiger partial charge in [0.25, 0.3) is 0 Å². The topological polar surface area (TPSA) is 46.6 Å². The van der Waals surface area contributed by atoms with Crippen molar-refractivity contribution in [2.45, 2.75) is 53.0 Å². The van der Waals surface area contributed by atoms with E-state index in [4.69, 9.17) is 4.74 Å². The molecule has 0 amide bonds. The zero-order valence-corrected chi connectivity index (χ0v) is 12.6. The maximum Gasteiger partial charge on any atom is 0.306 e. The van der Waals surface area contributed by atoms with Gasteiger partial charge in [0.05, 0.1) is 19.6 Å². The minimum atomic E-state index is -0.274. The van der Waals surface area contributed by atoms with Gasteiger partial charge in [0.1, 0.15) is 5.78 Å². The first kappa shape index (κ1) is 16.2. The molecular formula is C15H27NO3. The maximum atomic E-state index is 11.9. The lowest BCUT2D eigenvalue weighted by atomic mass is 9.86. The van der Waals surface area contributed by atoms with Crippen molar-refractivity contribution in [3.63, 3.8) is 0 Å². The monoisotopic (exact) mass is 269 g/mol. The number of likely N-dealkylation sites (tertiary alicyclic amines) is 1. The molecule has 3 unspecified atom stereocenters. The summed E-state index contributed by atoms with van der Waals surface area (Å²) in [5.74, 6) is 1.14. The lowest BCUT2D eigenvalue weighted by Gasteiger charge is -2.40. The molecule has 0 N–H and O–H groups in total. The zero-order chi connectivity index (χ0) is 14.4. The van der Waals surface area contributed by atoms with Gasteiger partial charge in [0.15, 0.2) is 0 Å². The second-order valence-electron chi connectivity index (χ2n) is 5.83. The van der Waals surface area contributed by atoms with Crippen LogP contribution in [0.5, 0.6) is 0 Å². The minimum Gasteiger partial charge on any atom is -0.466 e. The molecule has 3 atom stereocenters. The highest BCUT2D eigenvalue weighted by Gasteiger charge is 2.29. The van der Waals surface area contributed by atoms with Gasteiger partial charge in [-0.3, -0.25) is 14.5 Å². The molecule has 0 aromatic carbocycles. The largest absolute Gasteiger partial charge is 0.466 e. The van der Waals surface area contributed by atoms with E-state index in [1.54, 1.807) is 6.92 Å². The Morgan fingerprint density at radius 2 is 1.89 bits per heavy atom. The average molecular weight is 269 g/mol. The Kier molecular flexibility index (Phi) is 6.49. The summed E-state index contributed by atoms with van der Waals surface area (Å²) in [6, 6.07) is 0.447. The molecule has 0 aromatic rings. The average Bonchev–Trinajstić information content (AvgIpc) is 2.33. The normalized spacial score (nSPS) is 28.1. The van der Waals surface area contributed by atoms with Crippen LogP contribution in [0.3, 0.4) is 0 Å². The number of nitrogens with zero attached hydrogens (tertiary/aromatic N) is 1. The molecule has 0 saturated carbocycles. The molecule has 0 radical (unpaired) electrons. The van der Waals surface area contributed by atoms with Gasteiger partial charge < -0.3 is 4.74 Å². The first-order valence-electron chi connectivity index (χ1n) is 7.35. The number of esters is 1. The summed E-state index contributed by atoms with van der Waals surface area (Å²) >= 11 is 0. The van der Waals surface area contributed by atoms with Crippen LogP contribution in [0.2, 0.25) is 0 Å². The van der Waals surface area contributed by atoms with Crippen molar-refractivity contribution < 1.29 is 14.3 Å². The Hall–Kier alpha value is -0.900. The smallest absolute Gasteiger partial charge is 0.306 e. The summed E-state index contributed by atoms with van der Waals surface area (Å²) in [4.78, 5) is 25.4. The summed E-state index contributed by atoms with van der Waals surface area (Å²) in [6.07, 6.45) is 1.74. The molecule has 1 aliphatic heterocycles. The lowest BCUT2D eigenvalue weighted by molar-refractivity contribution is -0.144. The van der Waals surface area contributed by atoms with Gasteiger partial charge in [-0.05, 0) is 32.1 Å². The molecule has 1 fully saturated rings. The molecular weight excluding hydrogens is 242 g/mol. The van der Waals surface area contributed by atoms with Crippen LogP contribution in [0.4, 0.5) is 0 Å². The van der Waals surface area contributed by atoms with Crippen LogP contribution in [0.1, 0.15) is 47.0 Å². The maximum absolute atomic E-state index is 11.9. The van der Waals surface area contributed by atoms with E-state index in [1.165, 1.54) is 6.42 Å². The summed E-state index contributed by atoms with van der Waals surface area (Å²) in [6.45, 7) is 10.3. The Morgan fingerprint density at radius 3 is 2.53 bits per heavy atom. The second-order valence-corrected chi connectivity index (χ2v) is 5.83. The molecule has 4 heteroatoms. The fourth-order valence-electron chi connectivity index (χ4n) is 2.82. The number of rotatable bonds is 6. The standard InChI is InChI=1S/C15H27NO3/c1-5-19-15(18)7-6-14(17)10-16-9-11(2)8-12(3)13(16)4/h11-13H,5-10H2,1-4H3. The number of hydrogen-bond donors (Lipinski definition) is 0. The number of carbonyl (C=O) groups excluding carboxylic acids is 2. The van der Waals surface area contributed by atoms with Crippen LogP contribution in [0.15, 0.2) is 0 Å². The van der Waals surface area contributed by atoms with Crippen molar-refractivity contribution >= 4 is 11.8 Å². The van der Waals surface area contributed by atoms with E-state index in [0.717, 1.165) is 6.54 Å². The number of hydrogen-bond acceptors (Lipinski definition) is 4. The van der Waals surface area contributed by atoms with Crippen molar-refractivity contribution in [2.24, 2.45) is 11.8 Å². The Morgan fingerprint density at radius 1 is 1.21 bits per heavy atom. The third-order valence-electron chi connectivity index (χ3n) is 4.01. The van der Waals surface area contributed by atoms with Gasteiger partial charge in [0.2, 0.25) is 0 Å². The molecule has 0 bridgehead atoms. The molecule has 0 aliphatic carbocycles. The van der Waals surface area contributed by atoms with E-state index in [2.05, 4.69) is 25.7 Å². The summed E-state index contributed by atoms with van der Waals surface area (Å²) < 4.78 is 4.83. The lowest BCUT2D eigenvalue weighted by Crippen LogP contribution is -2.47. The van der Waals surface area contributed by atoms with Gasteiger partial charge in [-0.2, -0.15) is 0 Å². The van der Waals surface area contributed by atoms with Gasteiger partial charge in [0, 0.05) is 19.0 Å². The molecule has 0 spiro atoms. The van der Waals surface area contributed by atoms with Crippen molar-refractivity contribution in [2.75, 3.05) is 19.7 Å². The van der Waals surface area contributed by atoms with E-state index >= 15 is 0 Å². The SMILES string of the molecule is CCOC(=O)CCC(=O)CN1CC(C)CC(C)C1C. The number of ketones is 1. The van der Waals surface area contributed by atoms with Crippen LogP contribution < -0.4 is 0 Å². The zero-order valence-electron chi connectivity index (χ0n) is 12.6. The number of ether oxygens (including phenoxy) is 1. The summed E-state index contributed by atoms with van der Waals surface area (Å²) in [5, 5.41) is 0. The molecule has 1 aliphatic rings. The van der Waals surface area contributed by atoms with Crippen LogP contribution in [-0.2, 0) is 14.3 Å². The molecule has 1 rings (SSSR count). The van der Waals surface area contributed by atoms with Gasteiger partial charge in [-0.1, -0.05) is 13.8 Å². The van der Waals surface area contributed by atoms with Crippen molar-refractivity contribution in [1.29, 1.82) is 0 Å². The minimum absolute atomic E-state index is 0.140. The van der Waals surface area contributed by atoms with Crippen molar-refractivity contribution in [3.8, 4) is 0 Å². The molecule has 110 valence electrons. The highest BCUT2D eigenvalue weighted by Crippen LogP contribution is 2.26. The summed E-state index contributed by atoms with van der Waals surface area (Å²) in [7, 11) is 0. The Balaban J connectivity index is 2.36. The summed E-state index contributed by atoms with van der Waals surface area (Å²) in [5.41, 5.74) is 0. The number of Topliss-reactive ketones (excluding diaryl/α,β-unsaturated/α-hetero) is 1. The van der Waals surface area contributed by atoms with Crippen molar-refractivity contribution in [1.82, 2.24) is 4.90 Å². The molecule has 4 nitrogen and oxygen atoms in total. The second kappa shape index (κ2) is 7.63. The Bertz CT molecular complexity index is 317. The number of piperidine rings is 1. The van der Waals surface area contributed by atoms with E-state index in [1.807, 2.05) is 0 Å². The third kappa shape index (κ3) is 5.31. The van der Waals surface area contributed by atoms with Gasteiger partial charge in [-0.15, -0.1) is 0 Å². The fourth-order valence-corrected chi connectivity index (χ4v) is 2.82. The highest BCUT2D eigenvalue weighted by molar-refractivity contribution is 5.84. The molecule has 0 aromatic heterocycles. The predicted octanol–water partition coefficient (Wildman–Crippen LogP) is 2.27. The predicted molar refractivity (Wildman–Crippen MR) is 74.9 cm³/mol. The van der Waals surface area contributed by atoms with Gasteiger partial charge in [-0.25, -0.2) is 0 Å². The highest BCUT2D eigenvalue weighted by atomic mass is 16.5. The van der Waals surface area contributed by atoms with Crippen LogP contribution in [0.25, 0.3) is 0 Å². The third-order valence-corrected chi connectivity index (χ3v) is 4.01. The molecule has 19 heavy (non-hydrogen) atoms. The van der Waals surface area contributed by atoms with E-state index < -0.39 is 0 Å². The van der Waals surface area contributed by atoms with Crippen molar-refractivity contribution in [3.05, 3.63) is 0 Å². The van der Waals surface area contributed by atoms with Crippen LogP contribution >= 0.6 is 0 Å². The first-order chi connectivity index (χ1) is 8.93. The van der Waals surface area contributed by atoms with E-state index in [0.29, 0.717) is 37.5 Å². The Labute approximate surface area is 116 Å². The molecule has 1 heterocycles. The van der Waals surface area contributed by atoms with Crippen LogP contribution in [0, 0.1) is 11.8 Å². The van der Waals surface area contributed by atoms with Crippen LogP contribution in [-0.4, -0.2) is 42.4 Å². The quantitative estimate of drug-likeness (QED) is 0.694. The van der Waals surface area contributed by atoms with E-state index in [9.17, 15) is 9.59 Å². The number of carbonyl (C=O) groups is 2. The first-order valence-corrected chi connectivity index (χ1v) is 7.35. The molecule has 1 saturated heterocycles. The van der Waals surface area contributed by atoms with Gasteiger partial charge >= 0.3 is 5.97 Å². The van der Waals surface area contributed by atoms with E-state index in [-0.39, 0.29) is 18.2 Å².